The summed E-state index contributed by atoms with van der Waals surface area (Å²) >= 11 is 0. The number of pyridine rings is 1. The maximum atomic E-state index is 13.0. The standard InChI is InChI=1S/C24H24N2O3/c27-23(25-15-16-7-2-1-3-8-16)20-14-22(26-21-12-5-4-11-19(20)21)17-9-6-10-18(13-17)24(28)29/h4-6,9-14,16H,1-3,7-8,15H2,(H,25,27)(H,28,29). The van der Waals surface area contributed by atoms with Gasteiger partial charge in [0.2, 0.25) is 0 Å². The maximum absolute atomic E-state index is 13.0. The Morgan fingerprint density at radius 3 is 2.59 bits per heavy atom. The molecule has 2 N–H and O–H groups in total. The SMILES string of the molecule is O=C(O)c1cccc(-c2cc(C(=O)NCC3CCCCC3)c3ccccc3n2)c1. The fourth-order valence-corrected chi connectivity index (χ4v) is 4.05. The van der Waals surface area contributed by atoms with Gasteiger partial charge < -0.3 is 10.4 Å². The maximum Gasteiger partial charge on any atom is 0.335 e. The molecule has 0 aliphatic heterocycles. The second kappa shape index (κ2) is 8.43. The van der Waals surface area contributed by atoms with Gasteiger partial charge in [0.15, 0.2) is 0 Å². The molecule has 5 heteroatoms. The van der Waals surface area contributed by atoms with Gasteiger partial charge in [0.05, 0.1) is 22.3 Å². The number of aromatic nitrogens is 1. The molecule has 0 unspecified atom stereocenters. The molecule has 3 aromatic rings. The predicted octanol–water partition coefficient (Wildman–Crippen LogP) is 4.91. The second-order valence-electron chi connectivity index (χ2n) is 7.67. The first-order chi connectivity index (χ1) is 14.1. The van der Waals surface area contributed by atoms with Gasteiger partial charge in [-0.1, -0.05) is 49.6 Å². The van der Waals surface area contributed by atoms with Crippen molar-refractivity contribution in [3.63, 3.8) is 0 Å². The number of fused-ring (bicyclic) bond motifs is 1. The Kier molecular flexibility index (Phi) is 5.56. The molecule has 1 aliphatic carbocycles. The number of rotatable bonds is 5. The molecule has 1 heterocycles. The van der Waals surface area contributed by atoms with Crippen molar-refractivity contribution in [3.8, 4) is 11.3 Å². The Morgan fingerprint density at radius 1 is 1.00 bits per heavy atom. The van der Waals surface area contributed by atoms with Gasteiger partial charge in [-0.25, -0.2) is 9.78 Å². The van der Waals surface area contributed by atoms with Gasteiger partial charge in [-0.2, -0.15) is 0 Å². The number of carbonyl (C=O) groups excluding carboxylic acids is 1. The van der Waals surface area contributed by atoms with Gasteiger partial charge in [-0.05, 0) is 43.0 Å². The zero-order valence-electron chi connectivity index (χ0n) is 16.2. The van der Waals surface area contributed by atoms with Crippen molar-refractivity contribution in [1.82, 2.24) is 10.3 Å². The zero-order chi connectivity index (χ0) is 20.2. The lowest BCUT2D eigenvalue weighted by Crippen LogP contribution is -2.30. The number of para-hydroxylation sites is 1. The molecule has 0 radical (unpaired) electrons. The summed E-state index contributed by atoms with van der Waals surface area (Å²) in [6.45, 7) is 0.694. The molecule has 4 rings (SSSR count). The molecule has 0 spiro atoms. The van der Waals surface area contributed by atoms with Gasteiger partial charge in [0, 0.05) is 17.5 Å². The van der Waals surface area contributed by atoms with E-state index in [-0.39, 0.29) is 11.5 Å². The Labute approximate surface area is 169 Å². The summed E-state index contributed by atoms with van der Waals surface area (Å²) in [5.74, 6) is -0.546. The lowest BCUT2D eigenvalue weighted by molar-refractivity contribution is 0.0696. The third kappa shape index (κ3) is 4.29. The van der Waals surface area contributed by atoms with Crippen LogP contribution >= 0.6 is 0 Å². The van der Waals surface area contributed by atoms with E-state index >= 15 is 0 Å². The second-order valence-corrected chi connectivity index (χ2v) is 7.67. The zero-order valence-corrected chi connectivity index (χ0v) is 16.2. The van der Waals surface area contributed by atoms with Crippen molar-refractivity contribution >= 4 is 22.8 Å². The van der Waals surface area contributed by atoms with Crippen molar-refractivity contribution in [1.29, 1.82) is 0 Å². The summed E-state index contributed by atoms with van der Waals surface area (Å²) in [6, 6.07) is 16.0. The van der Waals surface area contributed by atoms with Gasteiger partial charge in [0.1, 0.15) is 0 Å². The molecule has 1 fully saturated rings. The molecule has 148 valence electrons. The Hall–Kier alpha value is -3.21. The van der Waals surface area contributed by atoms with Gasteiger partial charge in [0.25, 0.3) is 5.91 Å². The van der Waals surface area contributed by atoms with Crippen LogP contribution in [0.25, 0.3) is 22.2 Å². The number of amides is 1. The van der Waals surface area contributed by atoms with Crippen LogP contribution in [0.5, 0.6) is 0 Å². The van der Waals surface area contributed by atoms with Gasteiger partial charge in [-0.3, -0.25) is 4.79 Å². The fraction of sp³-hybridized carbons (Fsp3) is 0.292. The van der Waals surface area contributed by atoms with E-state index in [2.05, 4.69) is 10.3 Å². The number of carboxylic acid groups (broad SMARTS) is 1. The van der Waals surface area contributed by atoms with Crippen LogP contribution < -0.4 is 5.32 Å². The van der Waals surface area contributed by atoms with Crippen molar-refractivity contribution < 1.29 is 14.7 Å². The van der Waals surface area contributed by atoms with Crippen molar-refractivity contribution in [2.24, 2.45) is 5.92 Å². The Morgan fingerprint density at radius 2 is 1.79 bits per heavy atom. The molecule has 1 aromatic heterocycles. The van der Waals surface area contributed by atoms with E-state index in [9.17, 15) is 14.7 Å². The van der Waals surface area contributed by atoms with Crippen LogP contribution in [0.1, 0.15) is 52.8 Å². The third-order valence-corrected chi connectivity index (χ3v) is 5.64. The number of benzene rings is 2. The van der Waals surface area contributed by atoms with Gasteiger partial charge >= 0.3 is 5.97 Å². The van der Waals surface area contributed by atoms with Crippen molar-refractivity contribution in [2.45, 2.75) is 32.1 Å². The number of nitrogens with zero attached hydrogens (tertiary/aromatic N) is 1. The number of aromatic carboxylic acids is 1. The first-order valence-corrected chi connectivity index (χ1v) is 10.1. The van der Waals surface area contributed by atoms with Crippen LogP contribution in [-0.4, -0.2) is 28.5 Å². The van der Waals surface area contributed by atoms with Crippen molar-refractivity contribution in [2.75, 3.05) is 6.54 Å². The molecule has 2 aromatic carbocycles. The van der Waals surface area contributed by atoms with Crippen LogP contribution in [0.2, 0.25) is 0 Å². The molecular weight excluding hydrogens is 364 g/mol. The van der Waals surface area contributed by atoms with E-state index in [0.717, 1.165) is 5.39 Å². The van der Waals surface area contributed by atoms with Crippen LogP contribution in [0.15, 0.2) is 54.6 Å². The highest BCUT2D eigenvalue weighted by molar-refractivity contribution is 6.07. The summed E-state index contributed by atoms with van der Waals surface area (Å²) < 4.78 is 0. The molecule has 29 heavy (non-hydrogen) atoms. The van der Waals surface area contributed by atoms with Crippen molar-refractivity contribution in [3.05, 3.63) is 65.7 Å². The highest BCUT2D eigenvalue weighted by atomic mass is 16.4. The van der Waals surface area contributed by atoms with E-state index in [1.807, 2.05) is 30.3 Å². The minimum Gasteiger partial charge on any atom is -0.478 e. The average molecular weight is 388 g/mol. The number of hydrogen-bond acceptors (Lipinski definition) is 3. The molecule has 0 saturated heterocycles. The number of nitrogens with one attached hydrogen (secondary N) is 1. The van der Waals surface area contributed by atoms with E-state index in [1.165, 1.54) is 32.1 Å². The van der Waals surface area contributed by atoms with Gasteiger partial charge in [-0.15, -0.1) is 0 Å². The predicted molar refractivity (Wildman–Crippen MR) is 113 cm³/mol. The highest BCUT2D eigenvalue weighted by Crippen LogP contribution is 2.26. The Bertz CT molecular complexity index is 1050. The van der Waals surface area contributed by atoms with Crippen LogP contribution in [-0.2, 0) is 0 Å². The van der Waals surface area contributed by atoms with E-state index in [0.29, 0.717) is 34.8 Å². The lowest BCUT2D eigenvalue weighted by atomic mass is 9.89. The molecule has 0 bridgehead atoms. The quantitative estimate of drug-likeness (QED) is 0.651. The summed E-state index contributed by atoms with van der Waals surface area (Å²) in [5, 5.41) is 13.2. The molecule has 5 nitrogen and oxygen atoms in total. The first-order valence-electron chi connectivity index (χ1n) is 10.1. The summed E-state index contributed by atoms with van der Waals surface area (Å²) in [5.41, 5.74) is 2.75. The summed E-state index contributed by atoms with van der Waals surface area (Å²) in [6.07, 6.45) is 6.11. The average Bonchev–Trinajstić information content (AvgIpc) is 2.77. The molecular formula is C24H24N2O3. The highest BCUT2D eigenvalue weighted by Gasteiger charge is 2.18. The molecule has 0 atom stereocenters. The fourth-order valence-electron chi connectivity index (χ4n) is 4.05. The number of hydrogen-bond donors (Lipinski definition) is 2. The normalized spacial score (nSPS) is 14.6. The van der Waals surface area contributed by atoms with E-state index in [4.69, 9.17) is 0 Å². The summed E-state index contributed by atoms with van der Waals surface area (Å²) in [4.78, 5) is 29.0. The van der Waals surface area contributed by atoms with E-state index in [1.54, 1.807) is 24.3 Å². The Balaban J connectivity index is 1.68. The largest absolute Gasteiger partial charge is 0.478 e. The monoisotopic (exact) mass is 388 g/mol. The number of carbonyl (C=O) groups is 2. The van der Waals surface area contributed by atoms with E-state index < -0.39 is 5.97 Å². The molecule has 1 amide bonds. The lowest BCUT2D eigenvalue weighted by Gasteiger charge is -2.22. The van der Waals surface area contributed by atoms with Crippen LogP contribution in [0.4, 0.5) is 0 Å². The van der Waals surface area contributed by atoms with Crippen LogP contribution in [0, 0.1) is 5.92 Å². The van der Waals surface area contributed by atoms with Crippen LogP contribution in [0.3, 0.4) is 0 Å². The summed E-state index contributed by atoms with van der Waals surface area (Å²) in [7, 11) is 0. The minimum absolute atomic E-state index is 0.107. The molecule has 1 aliphatic rings. The topological polar surface area (TPSA) is 79.3 Å². The smallest absolute Gasteiger partial charge is 0.335 e. The number of carboxylic acids is 1. The molecule has 1 saturated carbocycles. The third-order valence-electron chi connectivity index (χ3n) is 5.64. The minimum atomic E-state index is -0.988. The first kappa shape index (κ1) is 19.1.